The van der Waals surface area contributed by atoms with E-state index in [1.165, 1.54) is 0 Å². The van der Waals surface area contributed by atoms with Gasteiger partial charge in [0.25, 0.3) is 0 Å². The minimum absolute atomic E-state index is 0.304. The lowest BCUT2D eigenvalue weighted by atomic mass is 10.2. The van der Waals surface area contributed by atoms with Crippen LogP contribution in [0.15, 0.2) is 22.7 Å². The summed E-state index contributed by atoms with van der Waals surface area (Å²) in [5.41, 5.74) is 1.05. The van der Waals surface area contributed by atoms with Gasteiger partial charge in [-0.2, -0.15) is 0 Å². The van der Waals surface area contributed by atoms with Gasteiger partial charge in [0.2, 0.25) is 5.91 Å². The van der Waals surface area contributed by atoms with Crippen molar-refractivity contribution in [3.8, 4) is 0 Å². The molecule has 0 aliphatic rings. The van der Waals surface area contributed by atoms with Crippen molar-refractivity contribution in [1.29, 1.82) is 0 Å². The van der Waals surface area contributed by atoms with Crippen LogP contribution < -0.4 is 10.6 Å². The Labute approximate surface area is 133 Å². The predicted octanol–water partition coefficient (Wildman–Crippen LogP) is 3.61. The molecular formula is C15H21BrN2O3. The molecule has 0 fully saturated rings. The highest BCUT2D eigenvalue weighted by Crippen LogP contribution is 2.20. The van der Waals surface area contributed by atoms with Gasteiger partial charge in [-0.15, -0.1) is 0 Å². The Bertz CT molecular complexity index is 538. The first kappa shape index (κ1) is 17.5. The normalized spacial score (nSPS) is 12.5. The van der Waals surface area contributed by atoms with E-state index in [0.29, 0.717) is 5.69 Å². The summed E-state index contributed by atoms with van der Waals surface area (Å²) in [5, 5.41) is 5.29. The molecule has 0 radical (unpaired) electrons. The molecule has 0 bridgehead atoms. The zero-order valence-corrected chi connectivity index (χ0v) is 14.5. The number of benzene rings is 1. The van der Waals surface area contributed by atoms with Gasteiger partial charge in [-0.1, -0.05) is 22.0 Å². The summed E-state index contributed by atoms with van der Waals surface area (Å²) in [7, 11) is 0. The Balaban J connectivity index is 2.63. The fraction of sp³-hybridized carbons (Fsp3) is 0.467. The molecule has 5 nitrogen and oxygen atoms in total. The van der Waals surface area contributed by atoms with E-state index < -0.39 is 17.7 Å². The van der Waals surface area contributed by atoms with Crippen LogP contribution in [0.3, 0.4) is 0 Å². The van der Waals surface area contributed by atoms with Gasteiger partial charge in [-0.05, 0) is 52.3 Å². The van der Waals surface area contributed by atoms with Crippen LogP contribution in [0.2, 0.25) is 0 Å². The predicted molar refractivity (Wildman–Crippen MR) is 86.3 cm³/mol. The van der Waals surface area contributed by atoms with E-state index in [1.54, 1.807) is 27.7 Å². The molecule has 21 heavy (non-hydrogen) atoms. The molecule has 1 rings (SSSR count). The van der Waals surface area contributed by atoms with Crippen LogP contribution in [-0.2, 0) is 9.53 Å². The second-order valence-corrected chi connectivity index (χ2v) is 6.73. The molecule has 0 saturated carbocycles. The SMILES string of the molecule is Cc1ccc(Br)cc1NC(=O)[C@H](C)NC(=O)OC(C)(C)C. The maximum atomic E-state index is 12.1. The third-order valence-corrected chi connectivity index (χ3v) is 3.08. The summed E-state index contributed by atoms with van der Waals surface area (Å²) in [4.78, 5) is 23.7. The Hall–Kier alpha value is -1.56. The molecule has 1 atom stereocenters. The Morgan fingerprint density at radius 3 is 2.48 bits per heavy atom. The maximum absolute atomic E-state index is 12.1. The number of hydrogen-bond acceptors (Lipinski definition) is 3. The highest BCUT2D eigenvalue weighted by molar-refractivity contribution is 9.10. The van der Waals surface area contributed by atoms with E-state index in [2.05, 4.69) is 26.6 Å². The number of amides is 2. The van der Waals surface area contributed by atoms with Crippen LogP contribution in [0.5, 0.6) is 0 Å². The van der Waals surface area contributed by atoms with E-state index in [-0.39, 0.29) is 5.91 Å². The Morgan fingerprint density at radius 1 is 1.29 bits per heavy atom. The van der Waals surface area contributed by atoms with Gasteiger partial charge in [0.05, 0.1) is 0 Å². The molecule has 0 saturated heterocycles. The van der Waals surface area contributed by atoms with Gasteiger partial charge in [-0.3, -0.25) is 4.79 Å². The molecule has 0 spiro atoms. The number of aryl methyl sites for hydroxylation is 1. The van der Waals surface area contributed by atoms with Crippen LogP contribution in [0.25, 0.3) is 0 Å². The van der Waals surface area contributed by atoms with E-state index in [9.17, 15) is 9.59 Å². The summed E-state index contributed by atoms with van der Waals surface area (Å²) in [5.74, 6) is -0.304. The fourth-order valence-corrected chi connectivity index (χ4v) is 1.88. The number of halogens is 1. The average Bonchev–Trinajstić information content (AvgIpc) is 2.31. The number of ether oxygens (including phenoxy) is 1. The van der Waals surface area contributed by atoms with E-state index in [4.69, 9.17) is 4.74 Å². The van der Waals surface area contributed by atoms with Crippen molar-refractivity contribution < 1.29 is 14.3 Å². The second kappa shape index (κ2) is 6.93. The summed E-state index contributed by atoms with van der Waals surface area (Å²) in [6.45, 7) is 8.80. The number of carbonyl (C=O) groups excluding carboxylic acids is 2. The monoisotopic (exact) mass is 356 g/mol. The molecule has 0 aliphatic heterocycles. The van der Waals surface area contributed by atoms with Crippen molar-refractivity contribution in [3.63, 3.8) is 0 Å². The molecule has 1 aromatic rings. The number of rotatable bonds is 3. The van der Waals surface area contributed by atoms with Crippen molar-refractivity contribution in [1.82, 2.24) is 5.32 Å². The van der Waals surface area contributed by atoms with Gasteiger partial charge >= 0.3 is 6.09 Å². The smallest absolute Gasteiger partial charge is 0.408 e. The largest absolute Gasteiger partial charge is 0.444 e. The Kier molecular flexibility index (Phi) is 5.78. The first-order valence-corrected chi connectivity index (χ1v) is 7.44. The van der Waals surface area contributed by atoms with Crippen LogP contribution >= 0.6 is 15.9 Å². The lowest BCUT2D eigenvalue weighted by molar-refractivity contribution is -0.117. The highest BCUT2D eigenvalue weighted by atomic mass is 79.9. The summed E-state index contributed by atoms with van der Waals surface area (Å²) >= 11 is 3.36. The quantitative estimate of drug-likeness (QED) is 0.869. The van der Waals surface area contributed by atoms with Crippen LogP contribution in [-0.4, -0.2) is 23.6 Å². The summed E-state index contributed by atoms with van der Waals surface area (Å²) in [6.07, 6.45) is -0.615. The third-order valence-electron chi connectivity index (χ3n) is 2.58. The number of carbonyl (C=O) groups is 2. The van der Waals surface area contributed by atoms with Crippen LogP contribution in [0.1, 0.15) is 33.3 Å². The average molecular weight is 357 g/mol. The number of alkyl carbamates (subject to hydrolysis) is 1. The van der Waals surface area contributed by atoms with Crippen LogP contribution in [0, 0.1) is 6.92 Å². The molecule has 0 unspecified atom stereocenters. The van der Waals surface area contributed by atoms with Crippen molar-refractivity contribution >= 4 is 33.6 Å². The van der Waals surface area contributed by atoms with Crippen molar-refractivity contribution in [2.75, 3.05) is 5.32 Å². The van der Waals surface area contributed by atoms with Crippen molar-refractivity contribution in [3.05, 3.63) is 28.2 Å². The standard InChI is InChI=1S/C15H21BrN2O3/c1-9-6-7-11(16)8-12(9)18-13(19)10(2)17-14(20)21-15(3,4)5/h6-8,10H,1-5H3,(H,17,20)(H,18,19)/t10-/m0/s1. The number of hydrogen-bond donors (Lipinski definition) is 2. The van der Waals surface area contributed by atoms with Gasteiger partial charge in [0.15, 0.2) is 0 Å². The van der Waals surface area contributed by atoms with E-state index >= 15 is 0 Å². The topological polar surface area (TPSA) is 67.4 Å². The van der Waals surface area contributed by atoms with E-state index in [0.717, 1.165) is 10.0 Å². The molecule has 2 amide bonds. The molecule has 1 aromatic carbocycles. The van der Waals surface area contributed by atoms with Gasteiger partial charge in [0.1, 0.15) is 11.6 Å². The fourth-order valence-electron chi connectivity index (χ4n) is 1.52. The molecule has 0 aromatic heterocycles. The maximum Gasteiger partial charge on any atom is 0.408 e. The molecule has 2 N–H and O–H groups in total. The molecule has 6 heteroatoms. The lowest BCUT2D eigenvalue weighted by Crippen LogP contribution is -2.44. The number of anilines is 1. The van der Waals surface area contributed by atoms with E-state index in [1.807, 2.05) is 25.1 Å². The van der Waals surface area contributed by atoms with Crippen molar-refractivity contribution in [2.45, 2.75) is 46.3 Å². The zero-order chi connectivity index (χ0) is 16.2. The molecule has 0 heterocycles. The summed E-state index contributed by atoms with van der Waals surface area (Å²) in [6, 6.07) is 4.91. The van der Waals surface area contributed by atoms with Crippen LogP contribution in [0.4, 0.5) is 10.5 Å². The molecule has 116 valence electrons. The minimum atomic E-state index is -0.696. The van der Waals surface area contributed by atoms with Gasteiger partial charge in [-0.25, -0.2) is 4.79 Å². The minimum Gasteiger partial charge on any atom is -0.444 e. The highest BCUT2D eigenvalue weighted by Gasteiger charge is 2.21. The van der Waals surface area contributed by atoms with Gasteiger partial charge < -0.3 is 15.4 Å². The zero-order valence-electron chi connectivity index (χ0n) is 12.9. The lowest BCUT2D eigenvalue weighted by Gasteiger charge is -2.21. The third kappa shape index (κ3) is 6.16. The number of nitrogens with one attached hydrogen (secondary N) is 2. The van der Waals surface area contributed by atoms with Crippen molar-refractivity contribution in [2.24, 2.45) is 0 Å². The summed E-state index contributed by atoms with van der Waals surface area (Å²) < 4.78 is 5.99. The second-order valence-electron chi connectivity index (χ2n) is 5.82. The Morgan fingerprint density at radius 2 is 1.90 bits per heavy atom. The molecular weight excluding hydrogens is 336 g/mol. The van der Waals surface area contributed by atoms with Gasteiger partial charge in [0, 0.05) is 10.2 Å². The first-order chi connectivity index (χ1) is 9.58. The first-order valence-electron chi connectivity index (χ1n) is 6.65. The molecule has 0 aliphatic carbocycles.